The van der Waals surface area contributed by atoms with Gasteiger partial charge in [-0.05, 0) is 81.7 Å². The minimum atomic E-state index is -3.23. The van der Waals surface area contributed by atoms with Crippen LogP contribution in [-0.4, -0.2) is 54.2 Å². The molecule has 0 atom stereocenters. The SMILES string of the molecule is Cc1nc(-c2ccc(C3CCN(C)CC3)cc2)cc2c1nc(-c1ccc(S(C)(=O)=O)cc1)n2C. The van der Waals surface area contributed by atoms with E-state index in [-0.39, 0.29) is 0 Å². The summed E-state index contributed by atoms with van der Waals surface area (Å²) in [6.07, 6.45) is 3.64. The van der Waals surface area contributed by atoms with Crippen LogP contribution >= 0.6 is 0 Å². The Balaban J connectivity index is 1.48. The molecule has 6 nitrogen and oxygen atoms in total. The highest BCUT2D eigenvalue weighted by molar-refractivity contribution is 7.90. The molecule has 5 rings (SSSR count). The number of likely N-dealkylation sites (tertiary alicyclic amines) is 1. The number of fused-ring (bicyclic) bond motifs is 1. The molecule has 0 spiro atoms. The Bertz CT molecular complexity index is 1450. The molecule has 2 aromatic carbocycles. The van der Waals surface area contributed by atoms with Gasteiger partial charge < -0.3 is 9.47 Å². The van der Waals surface area contributed by atoms with Gasteiger partial charge in [-0.1, -0.05) is 24.3 Å². The maximum atomic E-state index is 11.8. The fraction of sp³-hybridized carbons (Fsp3) is 0.333. The fourth-order valence-corrected chi connectivity index (χ4v) is 5.49. The van der Waals surface area contributed by atoms with Gasteiger partial charge >= 0.3 is 0 Å². The lowest BCUT2D eigenvalue weighted by molar-refractivity contribution is 0.255. The average Bonchev–Trinajstić information content (AvgIpc) is 3.16. The molecule has 1 fully saturated rings. The van der Waals surface area contributed by atoms with Crippen molar-refractivity contribution >= 4 is 20.9 Å². The smallest absolute Gasteiger partial charge is 0.175 e. The molecule has 0 N–H and O–H groups in total. The lowest BCUT2D eigenvalue weighted by atomic mass is 9.89. The van der Waals surface area contributed by atoms with Crippen LogP contribution in [-0.2, 0) is 16.9 Å². The Kier molecular flexibility index (Phi) is 5.78. The number of piperidine rings is 1. The minimum Gasteiger partial charge on any atom is -0.327 e. The van der Waals surface area contributed by atoms with Crippen molar-refractivity contribution in [1.82, 2.24) is 19.4 Å². The molecule has 1 aliphatic rings. The Morgan fingerprint density at radius 3 is 2.12 bits per heavy atom. The summed E-state index contributed by atoms with van der Waals surface area (Å²) in [4.78, 5) is 12.4. The average molecular weight is 475 g/mol. The number of hydrogen-bond acceptors (Lipinski definition) is 5. The monoisotopic (exact) mass is 474 g/mol. The van der Waals surface area contributed by atoms with E-state index in [1.54, 1.807) is 12.1 Å². The van der Waals surface area contributed by atoms with Crippen LogP contribution < -0.4 is 0 Å². The zero-order valence-corrected chi connectivity index (χ0v) is 20.9. The normalized spacial score (nSPS) is 15.8. The van der Waals surface area contributed by atoms with Crippen molar-refractivity contribution in [2.75, 3.05) is 26.4 Å². The first-order valence-corrected chi connectivity index (χ1v) is 13.5. The van der Waals surface area contributed by atoms with Gasteiger partial charge in [0.15, 0.2) is 9.84 Å². The van der Waals surface area contributed by atoms with Crippen LogP contribution in [0, 0.1) is 6.92 Å². The first-order chi connectivity index (χ1) is 16.2. The van der Waals surface area contributed by atoms with E-state index in [0.29, 0.717) is 10.8 Å². The molecule has 0 unspecified atom stereocenters. The Labute approximate surface area is 201 Å². The lowest BCUT2D eigenvalue weighted by Crippen LogP contribution is -2.29. The number of imidazole rings is 1. The predicted molar refractivity (Wildman–Crippen MR) is 137 cm³/mol. The third-order valence-electron chi connectivity index (χ3n) is 6.98. The standard InChI is InChI=1S/C27H30N4O2S/c1-18-26-25(31(3)27(29-26)22-9-11-23(12-10-22)34(4,32)33)17-24(28-18)21-7-5-19(6-8-21)20-13-15-30(2)16-14-20/h5-12,17,20H,13-16H2,1-4H3. The van der Waals surface area contributed by atoms with Crippen LogP contribution in [0.4, 0.5) is 0 Å². The van der Waals surface area contributed by atoms with Crippen LogP contribution in [0.1, 0.15) is 30.0 Å². The van der Waals surface area contributed by atoms with Gasteiger partial charge in [-0.25, -0.2) is 13.4 Å². The van der Waals surface area contributed by atoms with E-state index in [1.165, 1.54) is 24.7 Å². The number of sulfone groups is 1. The van der Waals surface area contributed by atoms with Crippen LogP contribution in [0.15, 0.2) is 59.5 Å². The Hall–Kier alpha value is -3.03. The molecule has 0 bridgehead atoms. The molecule has 176 valence electrons. The molecule has 0 amide bonds. The molecule has 2 aromatic heterocycles. The topological polar surface area (TPSA) is 68.1 Å². The van der Waals surface area contributed by atoms with E-state index in [4.69, 9.17) is 9.97 Å². The number of nitrogens with zero attached hydrogens (tertiary/aromatic N) is 4. The molecule has 1 saturated heterocycles. The zero-order chi connectivity index (χ0) is 24.0. The van der Waals surface area contributed by atoms with Gasteiger partial charge in [0.2, 0.25) is 0 Å². The van der Waals surface area contributed by atoms with E-state index in [0.717, 1.165) is 52.5 Å². The van der Waals surface area contributed by atoms with Crippen LogP contribution in [0.25, 0.3) is 33.7 Å². The van der Waals surface area contributed by atoms with Crippen molar-refractivity contribution in [3.63, 3.8) is 0 Å². The quantitative estimate of drug-likeness (QED) is 0.424. The predicted octanol–water partition coefficient (Wildman–Crippen LogP) is 4.82. The van der Waals surface area contributed by atoms with Crippen molar-refractivity contribution in [2.45, 2.75) is 30.6 Å². The molecular weight excluding hydrogens is 444 g/mol. The fourth-order valence-electron chi connectivity index (χ4n) is 4.86. The Morgan fingerprint density at radius 2 is 1.50 bits per heavy atom. The highest BCUT2D eigenvalue weighted by Crippen LogP contribution is 2.32. The van der Waals surface area contributed by atoms with Crippen molar-refractivity contribution in [3.8, 4) is 22.6 Å². The van der Waals surface area contributed by atoms with E-state index >= 15 is 0 Å². The first-order valence-electron chi connectivity index (χ1n) is 11.6. The number of aromatic nitrogens is 3. The first kappa shape index (κ1) is 22.7. The Morgan fingerprint density at radius 1 is 0.882 bits per heavy atom. The summed E-state index contributed by atoms with van der Waals surface area (Å²) < 4.78 is 25.6. The highest BCUT2D eigenvalue weighted by atomic mass is 32.2. The number of benzene rings is 2. The van der Waals surface area contributed by atoms with Gasteiger partial charge in [-0.15, -0.1) is 0 Å². The van der Waals surface area contributed by atoms with Crippen molar-refractivity contribution in [2.24, 2.45) is 7.05 Å². The van der Waals surface area contributed by atoms with Crippen molar-refractivity contribution in [3.05, 3.63) is 65.9 Å². The summed E-state index contributed by atoms with van der Waals surface area (Å²) in [5.41, 5.74) is 7.05. The highest BCUT2D eigenvalue weighted by Gasteiger charge is 2.19. The zero-order valence-electron chi connectivity index (χ0n) is 20.1. The maximum absolute atomic E-state index is 11.8. The van der Waals surface area contributed by atoms with Gasteiger partial charge in [-0.2, -0.15) is 0 Å². The molecule has 1 aliphatic heterocycles. The number of rotatable bonds is 4. The summed E-state index contributed by atoms with van der Waals surface area (Å²) in [6, 6.07) is 17.8. The molecule has 34 heavy (non-hydrogen) atoms. The third kappa shape index (κ3) is 4.26. The molecular formula is C27H30N4O2S. The van der Waals surface area contributed by atoms with E-state index in [9.17, 15) is 8.42 Å². The molecule has 0 aliphatic carbocycles. The second-order valence-corrected chi connectivity index (χ2v) is 11.5. The summed E-state index contributed by atoms with van der Waals surface area (Å²) in [5, 5.41) is 0. The van der Waals surface area contributed by atoms with Gasteiger partial charge in [-0.3, -0.25) is 4.98 Å². The van der Waals surface area contributed by atoms with Crippen LogP contribution in [0.3, 0.4) is 0 Å². The second kappa shape index (κ2) is 8.64. The molecule has 4 aromatic rings. The lowest BCUT2D eigenvalue weighted by Gasteiger charge is -2.29. The van der Waals surface area contributed by atoms with Crippen LogP contribution in [0.2, 0.25) is 0 Å². The van der Waals surface area contributed by atoms with E-state index in [2.05, 4.69) is 46.8 Å². The number of pyridine rings is 1. The van der Waals surface area contributed by atoms with Gasteiger partial charge in [0.25, 0.3) is 0 Å². The van der Waals surface area contributed by atoms with E-state index in [1.807, 2.05) is 26.1 Å². The minimum absolute atomic E-state index is 0.304. The van der Waals surface area contributed by atoms with Gasteiger partial charge in [0, 0.05) is 24.4 Å². The second-order valence-electron chi connectivity index (χ2n) is 9.45. The summed E-state index contributed by atoms with van der Waals surface area (Å²) in [5.74, 6) is 1.42. The molecule has 0 radical (unpaired) electrons. The molecule has 0 saturated carbocycles. The summed E-state index contributed by atoms with van der Waals surface area (Å²) >= 11 is 0. The van der Waals surface area contributed by atoms with Gasteiger partial charge in [0.05, 0.1) is 21.8 Å². The van der Waals surface area contributed by atoms with E-state index < -0.39 is 9.84 Å². The molecule has 3 heterocycles. The van der Waals surface area contributed by atoms with Crippen LogP contribution in [0.5, 0.6) is 0 Å². The van der Waals surface area contributed by atoms with Crippen molar-refractivity contribution in [1.29, 1.82) is 0 Å². The summed E-state index contributed by atoms with van der Waals surface area (Å²) in [7, 11) is 0.948. The largest absolute Gasteiger partial charge is 0.327 e. The number of aryl methyl sites for hydroxylation is 2. The van der Waals surface area contributed by atoms with Gasteiger partial charge in [0.1, 0.15) is 11.3 Å². The number of hydrogen-bond donors (Lipinski definition) is 0. The molecule has 7 heteroatoms. The summed E-state index contributed by atoms with van der Waals surface area (Å²) in [6.45, 7) is 4.30. The maximum Gasteiger partial charge on any atom is 0.175 e. The van der Waals surface area contributed by atoms with Crippen molar-refractivity contribution < 1.29 is 8.42 Å². The third-order valence-corrected chi connectivity index (χ3v) is 8.11.